The van der Waals surface area contributed by atoms with Gasteiger partial charge < -0.3 is 14.4 Å². The number of aryl methyl sites for hydroxylation is 1. The Morgan fingerprint density at radius 1 is 1.03 bits per heavy atom. The third-order valence-electron chi connectivity index (χ3n) is 6.34. The number of aliphatic hydroxyl groups is 1. The topological polar surface area (TPSA) is 60.2 Å². The zero-order chi connectivity index (χ0) is 22.6. The van der Waals surface area contributed by atoms with Gasteiger partial charge >= 0.3 is 0 Å². The maximum absolute atomic E-state index is 12.4. The van der Waals surface area contributed by atoms with Crippen molar-refractivity contribution in [2.24, 2.45) is 7.05 Å². The van der Waals surface area contributed by atoms with E-state index in [4.69, 9.17) is 16.3 Å². The zero-order valence-corrected chi connectivity index (χ0v) is 18.6. The van der Waals surface area contributed by atoms with Gasteiger partial charge in [0, 0.05) is 34.8 Å². The third kappa shape index (κ3) is 3.12. The van der Waals surface area contributed by atoms with Gasteiger partial charge in [0.15, 0.2) is 5.60 Å². The van der Waals surface area contributed by atoms with Crippen molar-refractivity contribution < 1.29 is 9.84 Å². The van der Waals surface area contributed by atoms with Crippen molar-refractivity contribution in [1.29, 1.82) is 0 Å². The van der Waals surface area contributed by atoms with E-state index < -0.39 is 5.60 Å². The fourth-order valence-electron chi connectivity index (χ4n) is 4.60. The van der Waals surface area contributed by atoms with Crippen LogP contribution in [0.5, 0.6) is 5.75 Å². The van der Waals surface area contributed by atoms with Crippen LogP contribution in [0.15, 0.2) is 85.5 Å². The van der Waals surface area contributed by atoms with Crippen LogP contribution in [0.2, 0.25) is 5.02 Å². The number of benzene rings is 3. The SMILES string of the molecule is Cn1cncc1C1(O)c2ccc(Cl)c(c2)COc2cccc(c2)-c2nccc3ccc1cc23. The van der Waals surface area contributed by atoms with Crippen LogP contribution < -0.4 is 4.74 Å². The van der Waals surface area contributed by atoms with Crippen LogP contribution >= 0.6 is 11.6 Å². The number of imidazole rings is 1. The standard InChI is InChI=1S/C27H20ClN3O2/c1-31-16-29-14-25(31)27(32)20-7-8-24(28)19(11-20)15-33-22-4-2-3-18(12-22)26-23-13-21(27)6-5-17(23)9-10-30-26/h2-14,16,32H,15H2,1H3. The number of rotatable bonds is 1. The number of hydrogen-bond donors (Lipinski definition) is 1. The summed E-state index contributed by atoms with van der Waals surface area (Å²) < 4.78 is 7.94. The Kier molecular flexibility index (Phi) is 4.50. The van der Waals surface area contributed by atoms with Crippen molar-refractivity contribution in [2.45, 2.75) is 12.2 Å². The van der Waals surface area contributed by atoms with Crippen LogP contribution in [0.3, 0.4) is 0 Å². The van der Waals surface area contributed by atoms with E-state index in [1.165, 1.54) is 0 Å². The van der Waals surface area contributed by atoms with E-state index in [9.17, 15) is 5.11 Å². The number of ether oxygens (including phenoxy) is 1. The molecule has 6 heteroatoms. The molecular formula is C27H20ClN3O2. The van der Waals surface area contributed by atoms with Crippen LogP contribution in [0.1, 0.15) is 22.4 Å². The predicted octanol–water partition coefficient (Wildman–Crippen LogP) is 5.47. The molecule has 0 saturated heterocycles. The van der Waals surface area contributed by atoms with Crippen molar-refractivity contribution in [3.8, 4) is 17.0 Å². The number of nitrogens with zero attached hydrogens (tertiary/aromatic N) is 3. The second kappa shape index (κ2) is 7.44. The van der Waals surface area contributed by atoms with Crippen molar-refractivity contribution >= 4 is 22.4 Å². The first-order valence-electron chi connectivity index (χ1n) is 10.6. The lowest BCUT2D eigenvalue weighted by atomic mass is 9.82. The quantitative estimate of drug-likeness (QED) is 0.366. The molecule has 0 amide bonds. The summed E-state index contributed by atoms with van der Waals surface area (Å²) in [5, 5.41) is 15.0. The molecule has 5 aromatic rings. The lowest BCUT2D eigenvalue weighted by Gasteiger charge is -2.30. The van der Waals surface area contributed by atoms with Gasteiger partial charge in [0.1, 0.15) is 12.4 Å². The second-order valence-corrected chi connectivity index (χ2v) is 8.73. The summed E-state index contributed by atoms with van der Waals surface area (Å²) in [5.74, 6) is 0.727. The van der Waals surface area contributed by atoms with Gasteiger partial charge in [-0.1, -0.05) is 41.9 Å². The molecule has 2 aromatic heterocycles. The van der Waals surface area contributed by atoms with Gasteiger partial charge in [-0.15, -0.1) is 0 Å². The molecule has 1 N–H and O–H groups in total. The van der Waals surface area contributed by atoms with Gasteiger partial charge in [-0.25, -0.2) is 4.98 Å². The van der Waals surface area contributed by atoms with Crippen LogP contribution in [0.4, 0.5) is 0 Å². The lowest BCUT2D eigenvalue weighted by molar-refractivity contribution is 0.117. The summed E-state index contributed by atoms with van der Waals surface area (Å²) in [4.78, 5) is 8.97. The minimum Gasteiger partial charge on any atom is -0.489 e. The van der Waals surface area contributed by atoms with Gasteiger partial charge in [0.2, 0.25) is 0 Å². The first kappa shape index (κ1) is 20.0. The van der Waals surface area contributed by atoms with Crippen LogP contribution in [-0.2, 0) is 19.3 Å². The van der Waals surface area contributed by atoms with E-state index in [1.54, 1.807) is 24.8 Å². The molecule has 6 rings (SSSR count). The molecule has 3 heterocycles. The maximum atomic E-state index is 12.4. The minimum absolute atomic E-state index is 0.271. The van der Waals surface area contributed by atoms with Crippen molar-refractivity contribution in [3.05, 3.63) is 113 Å². The Morgan fingerprint density at radius 3 is 2.73 bits per heavy atom. The van der Waals surface area contributed by atoms with E-state index in [1.807, 2.05) is 72.3 Å². The van der Waals surface area contributed by atoms with E-state index >= 15 is 0 Å². The van der Waals surface area contributed by atoms with E-state index in [2.05, 4.69) is 9.97 Å². The number of aromatic nitrogens is 3. The summed E-state index contributed by atoms with van der Waals surface area (Å²) in [6, 6.07) is 21.4. The molecular weight excluding hydrogens is 434 g/mol. The van der Waals surface area contributed by atoms with E-state index in [-0.39, 0.29) is 6.61 Å². The molecule has 0 saturated carbocycles. The molecule has 6 bridgehead atoms. The smallest absolute Gasteiger partial charge is 0.156 e. The highest BCUT2D eigenvalue weighted by Crippen LogP contribution is 2.40. The summed E-state index contributed by atoms with van der Waals surface area (Å²) in [7, 11) is 1.88. The second-order valence-electron chi connectivity index (χ2n) is 8.32. The fraction of sp³-hybridized carbons (Fsp3) is 0.111. The summed E-state index contributed by atoms with van der Waals surface area (Å²) in [6.07, 6.45) is 5.19. The van der Waals surface area contributed by atoms with Crippen LogP contribution in [0, 0.1) is 0 Å². The normalized spacial score (nSPS) is 17.2. The molecule has 0 aliphatic carbocycles. The molecule has 3 aromatic carbocycles. The monoisotopic (exact) mass is 453 g/mol. The number of hydrogen-bond acceptors (Lipinski definition) is 4. The fourth-order valence-corrected chi connectivity index (χ4v) is 4.77. The van der Waals surface area contributed by atoms with Gasteiger partial charge in [-0.3, -0.25) is 4.98 Å². The molecule has 0 radical (unpaired) electrons. The molecule has 0 spiro atoms. The third-order valence-corrected chi connectivity index (χ3v) is 6.71. The van der Waals surface area contributed by atoms with Crippen LogP contribution in [0.25, 0.3) is 22.0 Å². The average Bonchev–Trinajstić information content (AvgIpc) is 3.28. The van der Waals surface area contributed by atoms with Crippen molar-refractivity contribution in [3.63, 3.8) is 0 Å². The molecule has 1 aliphatic heterocycles. The van der Waals surface area contributed by atoms with Gasteiger partial charge in [-0.05, 0) is 52.9 Å². The predicted molar refractivity (Wildman–Crippen MR) is 128 cm³/mol. The first-order valence-corrected chi connectivity index (χ1v) is 11.0. The zero-order valence-electron chi connectivity index (χ0n) is 17.9. The van der Waals surface area contributed by atoms with Crippen molar-refractivity contribution in [1.82, 2.24) is 14.5 Å². The Balaban J connectivity index is 1.73. The molecule has 5 nitrogen and oxygen atoms in total. The number of halogens is 1. The van der Waals surface area contributed by atoms with Crippen molar-refractivity contribution in [2.75, 3.05) is 0 Å². The number of pyridine rings is 1. The largest absolute Gasteiger partial charge is 0.489 e. The first-order chi connectivity index (χ1) is 16.0. The van der Waals surface area contributed by atoms with Crippen LogP contribution in [-0.4, -0.2) is 19.6 Å². The Bertz CT molecular complexity index is 1530. The number of fused-ring (bicyclic) bond motifs is 6. The molecule has 1 atom stereocenters. The Hall–Kier alpha value is -3.67. The van der Waals surface area contributed by atoms with E-state index in [0.29, 0.717) is 16.3 Å². The highest BCUT2D eigenvalue weighted by atomic mass is 35.5. The minimum atomic E-state index is -1.46. The molecule has 162 valence electrons. The molecule has 33 heavy (non-hydrogen) atoms. The summed E-state index contributed by atoms with van der Waals surface area (Å²) >= 11 is 6.52. The lowest BCUT2D eigenvalue weighted by Crippen LogP contribution is -2.31. The average molecular weight is 454 g/mol. The van der Waals surface area contributed by atoms with E-state index in [0.717, 1.165) is 38.9 Å². The maximum Gasteiger partial charge on any atom is 0.156 e. The molecule has 1 unspecified atom stereocenters. The van der Waals surface area contributed by atoms with Gasteiger partial charge in [0.25, 0.3) is 0 Å². The van der Waals surface area contributed by atoms with Gasteiger partial charge in [0.05, 0.1) is 23.9 Å². The highest BCUT2D eigenvalue weighted by molar-refractivity contribution is 6.31. The Labute approximate surface area is 195 Å². The Morgan fingerprint density at radius 2 is 1.88 bits per heavy atom. The summed E-state index contributed by atoms with van der Waals surface area (Å²) in [5.41, 5.74) is 3.15. The highest BCUT2D eigenvalue weighted by Gasteiger charge is 2.37. The summed E-state index contributed by atoms with van der Waals surface area (Å²) in [6.45, 7) is 0.271. The van der Waals surface area contributed by atoms with Gasteiger partial charge in [-0.2, -0.15) is 0 Å². The molecule has 1 aliphatic rings. The molecule has 0 fully saturated rings.